The molecule has 2 aromatic rings. The maximum Gasteiger partial charge on any atom is 0.345 e. The fourth-order valence-electron chi connectivity index (χ4n) is 7.65. The molecule has 6 nitrogen and oxygen atoms in total. The Labute approximate surface area is 195 Å². The molecule has 0 amide bonds. The van der Waals surface area contributed by atoms with E-state index in [4.69, 9.17) is 9.15 Å². The molecule has 2 saturated carbocycles. The molecule has 2 aliphatic carbocycles. The highest BCUT2D eigenvalue weighted by Gasteiger charge is 2.68. The molecule has 6 heteroatoms. The average molecular weight is 454 g/mol. The van der Waals surface area contributed by atoms with Crippen molar-refractivity contribution in [1.82, 2.24) is 4.98 Å². The molecule has 2 fully saturated rings. The number of pyridine rings is 1. The van der Waals surface area contributed by atoms with E-state index >= 15 is 0 Å². The van der Waals surface area contributed by atoms with Gasteiger partial charge in [0.1, 0.15) is 22.7 Å². The van der Waals surface area contributed by atoms with Crippen LogP contribution in [-0.2, 0) is 0 Å². The van der Waals surface area contributed by atoms with Crippen molar-refractivity contribution >= 4 is 0 Å². The summed E-state index contributed by atoms with van der Waals surface area (Å²) in [5, 5.41) is 23.2. The van der Waals surface area contributed by atoms with Crippen LogP contribution < -0.4 is 10.4 Å². The summed E-state index contributed by atoms with van der Waals surface area (Å²) >= 11 is 0. The van der Waals surface area contributed by atoms with E-state index in [0.29, 0.717) is 29.4 Å². The van der Waals surface area contributed by atoms with Gasteiger partial charge in [0.15, 0.2) is 0 Å². The Morgan fingerprint density at radius 2 is 2.00 bits per heavy atom. The number of hydrogen-bond donors (Lipinski definition) is 2. The predicted molar refractivity (Wildman–Crippen MR) is 125 cm³/mol. The van der Waals surface area contributed by atoms with Crippen LogP contribution >= 0.6 is 0 Å². The summed E-state index contributed by atoms with van der Waals surface area (Å²) in [5.74, 6) is 0.948. The van der Waals surface area contributed by atoms with Gasteiger partial charge < -0.3 is 19.4 Å². The van der Waals surface area contributed by atoms with E-state index in [-0.39, 0.29) is 22.3 Å². The first-order valence-electron chi connectivity index (χ1n) is 12.2. The molecule has 2 N–H and O–H groups in total. The maximum atomic E-state index is 13.1. The number of hydrogen-bond acceptors (Lipinski definition) is 6. The van der Waals surface area contributed by atoms with Gasteiger partial charge in [-0.05, 0) is 61.0 Å². The molecule has 8 atom stereocenters. The lowest BCUT2D eigenvalue weighted by atomic mass is 9.41. The minimum atomic E-state index is -1.07. The first kappa shape index (κ1) is 22.6. The molecular weight excluding hydrogens is 418 g/mol. The fourth-order valence-corrected chi connectivity index (χ4v) is 7.65. The van der Waals surface area contributed by atoms with Crippen LogP contribution in [0.1, 0.15) is 72.0 Å². The van der Waals surface area contributed by atoms with Crippen LogP contribution in [0.25, 0.3) is 11.3 Å². The van der Waals surface area contributed by atoms with Gasteiger partial charge in [0.25, 0.3) is 0 Å². The van der Waals surface area contributed by atoms with Crippen molar-refractivity contribution in [3.63, 3.8) is 0 Å². The molecule has 3 aliphatic rings. The lowest BCUT2D eigenvalue weighted by Gasteiger charge is -2.67. The van der Waals surface area contributed by atoms with Crippen LogP contribution in [0.4, 0.5) is 0 Å². The van der Waals surface area contributed by atoms with E-state index in [1.54, 1.807) is 30.6 Å². The third-order valence-corrected chi connectivity index (χ3v) is 9.88. The second-order valence-electron chi connectivity index (χ2n) is 11.2. The number of aliphatic hydroxyl groups is 2. The minimum absolute atomic E-state index is 0.0458. The number of aromatic nitrogens is 1. The molecule has 1 aliphatic heterocycles. The first-order valence-corrected chi connectivity index (χ1v) is 12.2. The second kappa shape index (κ2) is 7.41. The summed E-state index contributed by atoms with van der Waals surface area (Å²) in [6.45, 7) is 11.0. The summed E-state index contributed by atoms with van der Waals surface area (Å²) in [6.07, 6.45) is 5.04. The number of rotatable bonds is 2. The number of aliphatic hydroxyl groups excluding tert-OH is 2. The zero-order chi connectivity index (χ0) is 23.8. The smallest absolute Gasteiger partial charge is 0.345 e. The van der Waals surface area contributed by atoms with E-state index in [0.717, 1.165) is 19.3 Å². The SMILES string of the molecule is CC[C@]1(C)C2C[C@H](O)[C@@]3(C)Oc4cc(-c5cccnc5)oc(=O)c4C(O)C3[C@@]2(C)CC[C@@H]1C. The molecular formula is C27H35NO5. The Hall–Kier alpha value is -2.18. The summed E-state index contributed by atoms with van der Waals surface area (Å²) in [6, 6.07) is 5.22. The van der Waals surface area contributed by atoms with Crippen molar-refractivity contribution in [2.75, 3.05) is 0 Å². The zero-order valence-electron chi connectivity index (χ0n) is 20.2. The number of ether oxygens (including phenoxy) is 1. The number of fused-ring (bicyclic) bond motifs is 4. The van der Waals surface area contributed by atoms with Crippen molar-refractivity contribution in [2.45, 2.75) is 78.1 Å². The molecule has 5 rings (SSSR count). The van der Waals surface area contributed by atoms with Gasteiger partial charge >= 0.3 is 5.63 Å². The standard InChI is InChI=1S/C27H35NO5/c1-6-25(3)15(2)9-10-26(4)19(25)13-20(29)27(5)23(26)22(30)21-18(33-27)12-17(32-24(21)31)16-8-7-11-28-14-16/h7-8,11-12,14-15,19-20,22-23,29-30H,6,9-10,13H2,1-5H3/t15-,19?,20-,22?,23?,25-,26-,27+/m0/s1. The highest BCUT2D eigenvalue weighted by atomic mass is 16.5. The fraction of sp³-hybridized carbons (Fsp3) is 0.630. The van der Waals surface area contributed by atoms with E-state index in [1.807, 2.05) is 6.92 Å². The van der Waals surface area contributed by atoms with Crippen LogP contribution in [-0.4, -0.2) is 26.9 Å². The van der Waals surface area contributed by atoms with Gasteiger partial charge in [-0.2, -0.15) is 0 Å². The minimum Gasteiger partial charge on any atom is -0.484 e. The topological polar surface area (TPSA) is 92.8 Å². The second-order valence-corrected chi connectivity index (χ2v) is 11.2. The predicted octanol–water partition coefficient (Wildman–Crippen LogP) is 4.74. The van der Waals surface area contributed by atoms with Crippen molar-refractivity contribution in [1.29, 1.82) is 0 Å². The summed E-state index contributed by atoms with van der Waals surface area (Å²) in [7, 11) is 0. The molecule has 0 radical (unpaired) electrons. The Bertz CT molecular complexity index is 1120. The van der Waals surface area contributed by atoms with Crippen molar-refractivity contribution in [3.05, 3.63) is 46.6 Å². The van der Waals surface area contributed by atoms with Gasteiger partial charge in [-0.3, -0.25) is 4.98 Å². The van der Waals surface area contributed by atoms with E-state index in [9.17, 15) is 15.0 Å². The molecule has 2 aromatic heterocycles. The van der Waals surface area contributed by atoms with Gasteiger partial charge in [0, 0.05) is 29.9 Å². The van der Waals surface area contributed by atoms with Gasteiger partial charge in [-0.25, -0.2) is 4.79 Å². The van der Waals surface area contributed by atoms with Crippen LogP contribution in [0.5, 0.6) is 5.75 Å². The molecule has 0 saturated heterocycles. The molecule has 3 heterocycles. The third kappa shape index (κ3) is 2.99. The highest BCUT2D eigenvalue weighted by Crippen LogP contribution is 2.68. The Balaban J connectivity index is 1.65. The lowest BCUT2D eigenvalue weighted by Crippen LogP contribution is -2.69. The monoisotopic (exact) mass is 453 g/mol. The van der Waals surface area contributed by atoms with Crippen LogP contribution in [0.15, 0.2) is 39.8 Å². The third-order valence-electron chi connectivity index (χ3n) is 9.88. The summed E-state index contributed by atoms with van der Waals surface area (Å²) < 4.78 is 12.1. The van der Waals surface area contributed by atoms with Crippen LogP contribution in [0.3, 0.4) is 0 Å². The molecule has 0 aromatic carbocycles. The first-order chi connectivity index (χ1) is 15.6. The van der Waals surface area contributed by atoms with Crippen molar-refractivity contribution < 1.29 is 19.4 Å². The number of nitrogens with zero attached hydrogens (tertiary/aromatic N) is 1. The zero-order valence-corrected chi connectivity index (χ0v) is 20.2. The Morgan fingerprint density at radius 1 is 1.24 bits per heavy atom. The normalized spacial score (nSPS) is 42.0. The lowest BCUT2D eigenvalue weighted by molar-refractivity contribution is -0.253. The average Bonchev–Trinajstić information content (AvgIpc) is 2.78. The van der Waals surface area contributed by atoms with Crippen LogP contribution in [0.2, 0.25) is 0 Å². The Kier molecular flexibility index (Phi) is 5.07. The van der Waals surface area contributed by atoms with Gasteiger partial charge in [0.2, 0.25) is 0 Å². The quantitative estimate of drug-likeness (QED) is 0.683. The molecule has 33 heavy (non-hydrogen) atoms. The van der Waals surface area contributed by atoms with Crippen LogP contribution in [0, 0.1) is 28.6 Å². The molecule has 3 unspecified atom stereocenters. The summed E-state index contributed by atoms with van der Waals surface area (Å²) in [4.78, 5) is 17.2. The molecule has 178 valence electrons. The molecule has 0 bridgehead atoms. The molecule has 0 spiro atoms. The van der Waals surface area contributed by atoms with Crippen molar-refractivity contribution in [2.24, 2.45) is 28.6 Å². The highest BCUT2D eigenvalue weighted by molar-refractivity contribution is 5.59. The largest absolute Gasteiger partial charge is 0.484 e. The summed E-state index contributed by atoms with van der Waals surface area (Å²) in [5.41, 5.74) is -1.02. The van der Waals surface area contributed by atoms with Gasteiger partial charge in [0.05, 0.1) is 12.2 Å². The van der Waals surface area contributed by atoms with Gasteiger partial charge in [-0.1, -0.05) is 34.1 Å². The van der Waals surface area contributed by atoms with E-state index in [1.165, 1.54) is 0 Å². The maximum absolute atomic E-state index is 13.1. The van der Waals surface area contributed by atoms with E-state index < -0.39 is 29.4 Å². The van der Waals surface area contributed by atoms with E-state index in [2.05, 4.69) is 32.7 Å². The Morgan fingerprint density at radius 3 is 2.67 bits per heavy atom. The van der Waals surface area contributed by atoms with Crippen molar-refractivity contribution in [3.8, 4) is 17.1 Å². The van der Waals surface area contributed by atoms with Gasteiger partial charge in [-0.15, -0.1) is 0 Å².